The first-order valence-electron chi connectivity index (χ1n) is 13.5. The van der Waals surface area contributed by atoms with Crippen LogP contribution in [-0.2, 0) is 28.4 Å². The number of pyridine rings is 1. The molecule has 2 N–H and O–H groups in total. The quantitative estimate of drug-likeness (QED) is 0.299. The largest absolute Gasteiger partial charge is 0.531 e. The number of amides is 1. The molecule has 0 bridgehead atoms. The van der Waals surface area contributed by atoms with Crippen molar-refractivity contribution in [3.05, 3.63) is 54.2 Å². The third kappa shape index (κ3) is 8.72. The fourth-order valence-corrected chi connectivity index (χ4v) is 4.52. The first-order valence-corrected chi connectivity index (χ1v) is 13.5. The zero-order chi connectivity index (χ0) is 29.4. The number of ketones is 1. The number of aliphatic hydroxyl groups excluding tert-OH is 1. The van der Waals surface area contributed by atoms with Crippen molar-refractivity contribution in [3.8, 4) is 11.3 Å². The zero-order valence-corrected chi connectivity index (χ0v) is 23.5. The molecular weight excluding hydrogens is 515 g/mol. The first-order chi connectivity index (χ1) is 18.9. The lowest BCUT2D eigenvalue weighted by Gasteiger charge is -2.32. The van der Waals surface area contributed by atoms with Gasteiger partial charge in [-0.3, -0.25) is 14.4 Å². The second kappa shape index (κ2) is 14.2. The summed E-state index contributed by atoms with van der Waals surface area (Å²) in [6, 6.07) is 13.1. The van der Waals surface area contributed by atoms with Gasteiger partial charge in [0.15, 0.2) is 11.9 Å². The molecule has 1 aromatic heterocycles. The molecule has 1 aromatic carbocycles. The van der Waals surface area contributed by atoms with E-state index >= 15 is 0 Å². The molecule has 1 aliphatic rings. The van der Waals surface area contributed by atoms with Crippen LogP contribution in [0.15, 0.2) is 48.5 Å². The SMILES string of the molecule is CC(C)C[C@H](CC(=O)[C@@H](NC(=O)c1cccc(-c2ccccc2)n1)[C@@H](C)O)B1OC(=O)C[C@@H](C(=O)OC(C)C)O1. The van der Waals surface area contributed by atoms with Gasteiger partial charge < -0.3 is 24.5 Å². The molecule has 1 saturated heterocycles. The number of hydrogen-bond donors (Lipinski definition) is 2. The van der Waals surface area contributed by atoms with E-state index in [1.807, 2.05) is 44.2 Å². The average molecular weight is 552 g/mol. The first kappa shape index (κ1) is 31.0. The summed E-state index contributed by atoms with van der Waals surface area (Å²) in [5, 5.41) is 13.0. The number of benzene rings is 1. The number of aromatic nitrogens is 1. The van der Waals surface area contributed by atoms with E-state index in [9.17, 15) is 24.3 Å². The number of hydrogen-bond acceptors (Lipinski definition) is 9. The fourth-order valence-electron chi connectivity index (χ4n) is 4.52. The summed E-state index contributed by atoms with van der Waals surface area (Å²) in [4.78, 5) is 55.7. The van der Waals surface area contributed by atoms with E-state index in [-0.39, 0.29) is 30.6 Å². The number of nitrogens with one attached hydrogen (secondary N) is 1. The molecule has 11 heteroatoms. The second-order valence-electron chi connectivity index (χ2n) is 10.7. The van der Waals surface area contributed by atoms with Gasteiger partial charge in [0.2, 0.25) is 0 Å². The molecule has 3 rings (SSSR count). The Kier molecular flexibility index (Phi) is 11.0. The Balaban J connectivity index is 1.75. The summed E-state index contributed by atoms with van der Waals surface area (Å²) in [5.74, 6) is -2.93. The van der Waals surface area contributed by atoms with Crippen LogP contribution in [0.25, 0.3) is 11.3 Å². The maximum Gasteiger partial charge on any atom is 0.531 e. The van der Waals surface area contributed by atoms with E-state index < -0.39 is 54.8 Å². The highest BCUT2D eigenvalue weighted by Gasteiger charge is 2.45. The van der Waals surface area contributed by atoms with E-state index in [0.29, 0.717) is 12.1 Å². The lowest BCUT2D eigenvalue weighted by molar-refractivity contribution is -0.165. The molecule has 0 saturated carbocycles. The molecule has 214 valence electrons. The van der Waals surface area contributed by atoms with Gasteiger partial charge in [-0.2, -0.15) is 0 Å². The monoisotopic (exact) mass is 552 g/mol. The van der Waals surface area contributed by atoms with Crippen molar-refractivity contribution in [2.75, 3.05) is 0 Å². The summed E-state index contributed by atoms with van der Waals surface area (Å²) in [6.07, 6.45) is -2.78. The van der Waals surface area contributed by atoms with E-state index in [1.165, 1.54) is 13.0 Å². The van der Waals surface area contributed by atoms with Crippen LogP contribution in [0.4, 0.5) is 0 Å². The van der Waals surface area contributed by atoms with E-state index in [4.69, 9.17) is 14.0 Å². The number of carbonyl (C=O) groups excluding carboxylic acids is 4. The van der Waals surface area contributed by atoms with Crippen LogP contribution in [0.5, 0.6) is 0 Å². The van der Waals surface area contributed by atoms with E-state index in [1.54, 1.807) is 26.0 Å². The van der Waals surface area contributed by atoms with Gasteiger partial charge in [0.05, 0.1) is 24.3 Å². The van der Waals surface area contributed by atoms with Crippen LogP contribution in [0.1, 0.15) is 64.4 Å². The Morgan fingerprint density at radius 3 is 2.40 bits per heavy atom. The van der Waals surface area contributed by atoms with Crippen molar-refractivity contribution in [1.29, 1.82) is 0 Å². The molecule has 1 amide bonds. The summed E-state index contributed by atoms with van der Waals surface area (Å²) in [6.45, 7) is 8.66. The molecule has 1 fully saturated rings. The molecule has 4 atom stereocenters. The van der Waals surface area contributed by atoms with E-state index in [2.05, 4.69) is 10.3 Å². The molecule has 2 heterocycles. The minimum atomic E-state index is -1.25. The van der Waals surface area contributed by atoms with Gasteiger partial charge in [0.25, 0.3) is 11.9 Å². The highest BCUT2D eigenvalue weighted by molar-refractivity contribution is 6.50. The van der Waals surface area contributed by atoms with Crippen molar-refractivity contribution in [1.82, 2.24) is 10.3 Å². The fraction of sp³-hybridized carbons (Fsp3) is 0.483. The normalized spacial score (nSPS) is 17.6. The zero-order valence-electron chi connectivity index (χ0n) is 23.5. The van der Waals surface area contributed by atoms with Gasteiger partial charge in [-0.25, -0.2) is 9.78 Å². The second-order valence-corrected chi connectivity index (χ2v) is 10.7. The van der Waals surface area contributed by atoms with Crippen molar-refractivity contribution >= 4 is 30.7 Å². The lowest BCUT2D eigenvalue weighted by Crippen LogP contribution is -2.50. The summed E-state index contributed by atoms with van der Waals surface area (Å²) in [7, 11) is -1.16. The van der Waals surface area contributed by atoms with Gasteiger partial charge >= 0.3 is 13.1 Å². The Bertz CT molecular complexity index is 1190. The third-order valence-corrected chi connectivity index (χ3v) is 6.30. The number of esters is 1. The molecule has 40 heavy (non-hydrogen) atoms. The Morgan fingerprint density at radius 2 is 1.77 bits per heavy atom. The van der Waals surface area contributed by atoms with Gasteiger partial charge in [0.1, 0.15) is 11.7 Å². The Labute approximate surface area is 234 Å². The van der Waals surface area contributed by atoms with E-state index in [0.717, 1.165) is 5.56 Å². The number of carbonyl (C=O) groups is 4. The third-order valence-electron chi connectivity index (χ3n) is 6.30. The van der Waals surface area contributed by atoms with Crippen LogP contribution in [0, 0.1) is 5.92 Å². The molecule has 0 aliphatic carbocycles. The van der Waals surface area contributed by atoms with Gasteiger partial charge in [-0.05, 0) is 45.2 Å². The topological polar surface area (TPSA) is 141 Å². The predicted octanol–water partition coefficient (Wildman–Crippen LogP) is 3.38. The molecule has 2 aromatic rings. The molecule has 0 unspecified atom stereocenters. The van der Waals surface area contributed by atoms with Crippen molar-refractivity contribution in [3.63, 3.8) is 0 Å². The number of ether oxygens (including phenoxy) is 1. The van der Waals surface area contributed by atoms with Crippen LogP contribution in [0.3, 0.4) is 0 Å². The minimum Gasteiger partial charge on any atom is -0.509 e. The molecule has 10 nitrogen and oxygen atoms in total. The van der Waals surface area contributed by atoms with Crippen LogP contribution < -0.4 is 5.32 Å². The number of nitrogens with zero attached hydrogens (tertiary/aromatic N) is 1. The smallest absolute Gasteiger partial charge is 0.509 e. The molecule has 0 radical (unpaired) electrons. The minimum absolute atomic E-state index is 0.0904. The average Bonchev–Trinajstić information content (AvgIpc) is 2.90. The molecule has 0 spiro atoms. The van der Waals surface area contributed by atoms with Crippen LogP contribution in [-0.4, -0.2) is 65.2 Å². The lowest BCUT2D eigenvalue weighted by atomic mass is 9.64. The maximum absolute atomic E-state index is 13.4. The number of aliphatic hydroxyl groups is 1. The standard InChI is InChI=1S/C29H37BN2O8/c1-17(2)14-21(30-39-25(16-26(35)40-30)29(37)38-18(3)4)15-24(34)27(19(5)33)32-28(36)23-13-9-12-22(31-23)20-10-7-6-8-11-20/h6-13,17-19,21,25,27,33H,14-16H2,1-5H3,(H,32,36)/t19-,21-,25+,27+/m1/s1. The Hall–Kier alpha value is -3.57. The van der Waals surface area contributed by atoms with Gasteiger partial charge in [-0.15, -0.1) is 0 Å². The van der Waals surface area contributed by atoms with Crippen LogP contribution >= 0.6 is 0 Å². The molecule has 1 aliphatic heterocycles. The van der Waals surface area contributed by atoms with Crippen molar-refractivity contribution < 1.29 is 38.3 Å². The van der Waals surface area contributed by atoms with Gasteiger partial charge in [0, 0.05) is 17.8 Å². The van der Waals surface area contributed by atoms with Crippen LogP contribution in [0.2, 0.25) is 5.82 Å². The van der Waals surface area contributed by atoms with Gasteiger partial charge in [-0.1, -0.05) is 50.2 Å². The van der Waals surface area contributed by atoms with Crippen molar-refractivity contribution in [2.45, 2.75) is 84.1 Å². The number of rotatable bonds is 12. The summed E-state index contributed by atoms with van der Waals surface area (Å²) >= 11 is 0. The Morgan fingerprint density at radius 1 is 1.07 bits per heavy atom. The maximum atomic E-state index is 13.4. The number of Topliss-reactive ketones (excluding diaryl/α,β-unsaturated/α-hetero) is 1. The highest BCUT2D eigenvalue weighted by atomic mass is 16.7. The van der Waals surface area contributed by atoms with Crippen molar-refractivity contribution in [2.24, 2.45) is 5.92 Å². The summed E-state index contributed by atoms with van der Waals surface area (Å²) < 4.78 is 16.4. The predicted molar refractivity (Wildman–Crippen MR) is 148 cm³/mol. The highest BCUT2D eigenvalue weighted by Crippen LogP contribution is 2.31. The molecular formula is C29H37BN2O8. The summed E-state index contributed by atoms with van der Waals surface area (Å²) in [5.41, 5.74) is 1.51.